The van der Waals surface area contributed by atoms with E-state index in [2.05, 4.69) is 14.8 Å². The number of fused-ring (bicyclic) bond motifs is 1. The summed E-state index contributed by atoms with van der Waals surface area (Å²) in [5.74, 6) is 0.380. The van der Waals surface area contributed by atoms with E-state index in [1.807, 2.05) is 26.1 Å². The molecule has 0 radical (unpaired) electrons. The molecule has 228 valence electrons. The lowest BCUT2D eigenvalue weighted by Crippen LogP contribution is -2.47. The molecule has 1 aromatic heterocycles. The fraction of sp³-hybridized carbons (Fsp3) is 0.448. The molecule has 2 heterocycles. The predicted molar refractivity (Wildman–Crippen MR) is 162 cm³/mol. The van der Waals surface area contributed by atoms with Crippen LogP contribution in [0.25, 0.3) is 0 Å². The number of benzene rings is 2. The van der Waals surface area contributed by atoms with Crippen molar-refractivity contribution in [2.45, 2.75) is 57.7 Å². The van der Waals surface area contributed by atoms with Crippen molar-refractivity contribution in [2.24, 2.45) is 5.92 Å². The predicted octanol–water partition coefficient (Wildman–Crippen LogP) is 4.68. The molecule has 2 aromatic carbocycles. The Morgan fingerprint density at radius 3 is 2.57 bits per heavy atom. The third-order valence-corrected chi connectivity index (χ3v) is 9.70. The molecule has 0 saturated carbocycles. The summed E-state index contributed by atoms with van der Waals surface area (Å²) in [6.45, 7) is 8.20. The number of sulfonamides is 1. The Balaban J connectivity index is 1.64. The number of rotatable bonds is 9. The largest absolute Gasteiger partial charge is 0.488 e. The van der Waals surface area contributed by atoms with Crippen LogP contribution in [-0.4, -0.2) is 73.3 Å². The standard InChI is InChI=1S/C29H36Cl2N4O6S/c1-17-13-35(18(2)16-36)28(37)12-22-11-23(33-42(38,39)29-19(3)32-41-20(29)4)7-9-26(22)40-27(17)15-34(5)14-21-6-8-24(30)25(31)10-21/h6-11,17-18,27,33,36H,12-16H2,1-5H3/t17-,18+,27+/m1/s1. The van der Waals surface area contributed by atoms with Gasteiger partial charge in [-0.1, -0.05) is 41.3 Å². The van der Waals surface area contributed by atoms with Crippen molar-refractivity contribution in [2.75, 3.05) is 31.5 Å². The monoisotopic (exact) mass is 638 g/mol. The van der Waals surface area contributed by atoms with Gasteiger partial charge in [0.1, 0.15) is 17.5 Å². The van der Waals surface area contributed by atoms with Crippen LogP contribution < -0.4 is 9.46 Å². The van der Waals surface area contributed by atoms with Gasteiger partial charge in [0.2, 0.25) is 5.91 Å². The number of ether oxygens (including phenoxy) is 1. The van der Waals surface area contributed by atoms with Crippen molar-refractivity contribution in [1.29, 1.82) is 0 Å². The van der Waals surface area contributed by atoms with Crippen LogP contribution in [0.15, 0.2) is 45.8 Å². The van der Waals surface area contributed by atoms with E-state index in [-0.39, 0.29) is 53.0 Å². The van der Waals surface area contributed by atoms with Crippen LogP contribution >= 0.6 is 23.2 Å². The topological polar surface area (TPSA) is 125 Å². The zero-order valence-corrected chi connectivity index (χ0v) is 26.6. The molecule has 0 unspecified atom stereocenters. The van der Waals surface area contributed by atoms with E-state index in [9.17, 15) is 18.3 Å². The molecule has 3 aromatic rings. The molecule has 0 saturated heterocycles. The number of hydrogen-bond acceptors (Lipinski definition) is 8. The maximum atomic E-state index is 13.5. The summed E-state index contributed by atoms with van der Waals surface area (Å²) in [6, 6.07) is 10.00. The van der Waals surface area contributed by atoms with Crippen LogP contribution in [0.1, 0.15) is 36.4 Å². The molecular formula is C29H36Cl2N4O6S. The average Bonchev–Trinajstić information content (AvgIpc) is 3.28. The lowest BCUT2D eigenvalue weighted by Gasteiger charge is -2.34. The van der Waals surface area contributed by atoms with Gasteiger partial charge in [0, 0.05) is 36.8 Å². The zero-order valence-electron chi connectivity index (χ0n) is 24.2. The maximum Gasteiger partial charge on any atom is 0.267 e. The summed E-state index contributed by atoms with van der Waals surface area (Å²) >= 11 is 12.3. The number of nitrogens with one attached hydrogen (secondary N) is 1. The molecule has 3 atom stereocenters. The zero-order chi connectivity index (χ0) is 30.8. The third-order valence-electron chi connectivity index (χ3n) is 7.33. The van der Waals surface area contributed by atoms with Crippen LogP contribution in [0.3, 0.4) is 0 Å². The van der Waals surface area contributed by atoms with E-state index in [0.29, 0.717) is 41.0 Å². The van der Waals surface area contributed by atoms with Gasteiger partial charge < -0.3 is 19.3 Å². The van der Waals surface area contributed by atoms with Crippen LogP contribution in [0.5, 0.6) is 5.75 Å². The van der Waals surface area contributed by atoms with E-state index >= 15 is 0 Å². The first-order valence-corrected chi connectivity index (χ1v) is 15.8. The second-order valence-corrected chi connectivity index (χ2v) is 13.3. The number of aryl methyl sites for hydroxylation is 2. The smallest absolute Gasteiger partial charge is 0.267 e. The number of anilines is 1. The highest BCUT2D eigenvalue weighted by Crippen LogP contribution is 2.31. The summed E-state index contributed by atoms with van der Waals surface area (Å²) in [5, 5.41) is 14.6. The summed E-state index contributed by atoms with van der Waals surface area (Å²) in [4.78, 5) is 17.2. The average molecular weight is 640 g/mol. The van der Waals surface area contributed by atoms with Crippen molar-refractivity contribution < 1.29 is 27.6 Å². The molecular weight excluding hydrogens is 603 g/mol. The van der Waals surface area contributed by atoms with Gasteiger partial charge in [0.05, 0.1) is 29.1 Å². The Bertz CT molecular complexity index is 1530. The Morgan fingerprint density at radius 2 is 1.93 bits per heavy atom. The summed E-state index contributed by atoms with van der Waals surface area (Å²) in [6.07, 6.45) is -0.361. The number of likely N-dealkylation sites (N-methyl/N-ethyl adjacent to an activating group) is 1. The molecule has 42 heavy (non-hydrogen) atoms. The lowest BCUT2D eigenvalue weighted by molar-refractivity contribution is -0.134. The highest BCUT2D eigenvalue weighted by Gasteiger charge is 2.32. The molecule has 0 bridgehead atoms. The van der Waals surface area contributed by atoms with Gasteiger partial charge in [-0.2, -0.15) is 0 Å². The maximum absolute atomic E-state index is 13.5. The van der Waals surface area contributed by atoms with Gasteiger partial charge in [0.15, 0.2) is 10.7 Å². The van der Waals surface area contributed by atoms with E-state index in [0.717, 1.165) is 5.56 Å². The van der Waals surface area contributed by atoms with Gasteiger partial charge in [-0.3, -0.25) is 14.4 Å². The van der Waals surface area contributed by atoms with E-state index in [4.69, 9.17) is 32.5 Å². The first kappa shape index (κ1) is 32.1. The van der Waals surface area contributed by atoms with Crippen LogP contribution in [0.2, 0.25) is 10.0 Å². The highest BCUT2D eigenvalue weighted by atomic mass is 35.5. The van der Waals surface area contributed by atoms with Gasteiger partial charge in [-0.05, 0) is 63.7 Å². The SMILES string of the molecule is Cc1noc(C)c1S(=O)(=O)Nc1ccc2c(c1)CC(=O)N([C@@H](C)CO)C[C@@H](C)[C@H](CN(C)Cc1ccc(Cl)c(Cl)c1)O2. The molecule has 0 fully saturated rings. The number of nitrogens with zero attached hydrogens (tertiary/aromatic N) is 3. The number of aliphatic hydroxyl groups is 1. The van der Waals surface area contributed by atoms with Crippen LogP contribution in [0.4, 0.5) is 5.69 Å². The number of carbonyl (C=O) groups excluding carboxylic acids is 1. The van der Waals surface area contributed by atoms with Crippen molar-refractivity contribution in [1.82, 2.24) is 15.0 Å². The molecule has 10 nitrogen and oxygen atoms in total. The van der Waals surface area contributed by atoms with Crippen molar-refractivity contribution in [3.63, 3.8) is 0 Å². The molecule has 4 rings (SSSR count). The van der Waals surface area contributed by atoms with Crippen LogP contribution in [0, 0.1) is 19.8 Å². The number of aliphatic hydroxyl groups excluding tert-OH is 1. The first-order chi connectivity index (χ1) is 19.8. The minimum atomic E-state index is -3.99. The molecule has 1 aliphatic heterocycles. The number of hydrogen-bond donors (Lipinski definition) is 2. The molecule has 13 heteroatoms. The van der Waals surface area contributed by atoms with Gasteiger partial charge >= 0.3 is 0 Å². The first-order valence-electron chi connectivity index (χ1n) is 13.6. The quantitative estimate of drug-likeness (QED) is 0.346. The number of aromatic nitrogens is 1. The lowest BCUT2D eigenvalue weighted by atomic mass is 10.0. The summed E-state index contributed by atoms with van der Waals surface area (Å²) in [7, 11) is -2.02. The minimum Gasteiger partial charge on any atom is -0.488 e. The van der Waals surface area contributed by atoms with Crippen molar-refractivity contribution in [3.8, 4) is 5.75 Å². The summed E-state index contributed by atoms with van der Waals surface area (Å²) < 4.78 is 40.4. The van der Waals surface area contributed by atoms with Gasteiger partial charge in [-0.15, -0.1) is 0 Å². The number of carbonyl (C=O) groups is 1. The van der Waals surface area contributed by atoms with E-state index in [1.54, 1.807) is 43.0 Å². The van der Waals surface area contributed by atoms with Gasteiger partial charge in [0.25, 0.3) is 10.0 Å². The van der Waals surface area contributed by atoms with E-state index < -0.39 is 16.1 Å². The third kappa shape index (κ3) is 7.38. The number of amides is 1. The Morgan fingerprint density at radius 1 is 1.19 bits per heavy atom. The Hall–Kier alpha value is -2.83. The minimum absolute atomic E-state index is 0.0276. The molecule has 1 aliphatic rings. The highest BCUT2D eigenvalue weighted by molar-refractivity contribution is 7.92. The number of halogens is 2. The van der Waals surface area contributed by atoms with Crippen molar-refractivity contribution in [3.05, 3.63) is 69.0 Å². The second-order valence-electron chi connectivity index (χ2n) is 10.9. The molecule has 0 spiro atoms. The summed E-state index contributed by atoms with van der Waals surface area (Å²) in [5.41, 5.74) is 2.04. The Kier molecular flexibility index (Phi) is 10.1. The van der Waals surface area contributed by atoms with Gasteiger partial charge in [-0.25, -0.2) is 8.42 Å². The fourth-order valence-corrected chi connectivity index (χ4v) is 6.80. The normalized spacial score (nSPS) is 18.6. The van der Waals surface area contributed by atoms with E-state index in [1.165, 1.54) is 6.92 Å². The van der Waals surface area contributed by atoms with Crippen LogP contribution in [-0.2, 0) is 27.8 Å². The van der Waals surface area contributed by atoms with Crippen molar-refractivity contribution >= 4 is 44.8 Å². The molecule has 2 N–H and O–H groups in total. The molecule has 0 aliphatic carbocycles. The Labute approximate surface area is 256 Å². The fourth-order valence-electron chi connectivity index (χ4n) is 5.10. The molecule has 1 amide bonds. The second kappa shape index (κ2) is 13.2.